The highest BCUT2D eigenvalue weighted by Gasteiger charge is 2.38. The molecule has 0 spiro atoms. The topological polar surface area (TPSA) is 60.8 Å². The molecule has 1 fully saturated rings. The van der Waals surface area contributed by atoms with Gasteiger partial charge in [-0.25, -0.2) is 0 Å². The van der Waals surface area contributed by atoms with Crippen molar-refractivity contribution in [1.29, 1.82) is 0 Å². The number of carboxylic acids is 1. The van der Waals surface area contributed by atoms with Crippen LogP contribution >= 0.6 is 0 Å². The summed E-state index contributed by atoms with van der Waals surface area (Å²) in [4.78, 5) is 12.9. The Morgan fingerprint density at radius 1 is 1.32 bits per heavy atom. The van der Waals surface area contributed by atoms with Crippen molar-refractivity contribution < 1.29 is 15.0 Å². The first-order chi connectivity index (χ1) is 8.81. The van der Waals surface area contributed by atoms with Gasteiger partial charge in [-0.2, -0.15) is 0 Å². The third-order valence-electron chi connectivity index (χ3n) is 3.76. The second-order valence-corrected chi connectivity index (χ2v) is 5.71. The van der Waals surface area contributed by atoms with Gasteiger partial charge in [0.1, 0.15) is 0 Å². The number of hydrogen-bond acceptors (Lipinski definition) is 3. The number of aliphatic hydroxyl groups is 1. The van der Waals surface area contributed by atoms with E-state index in [0.29, 0.717) is 19.5 Å². The van der Waals surface area contributed by atoms with Gasteiger partial charge in [-0.1, -0.05) is 17.7 Å². The standard InChI is InChI=1S/C15H21NO3/c1-10-6-11(2)14(12(3)7-10)16-5-4-15(19,9-16)8-13(17)18/h6-7,19H,4-5,8-9H2,1-3H3,(H,17,18). The lowest BCUT2D eigenvalue weighted by molar-refractivity contribution is -0.141. The van der Waals surface area contributed by atoms with Crippen molar-refractivity contribution in [2.75, 3.05) is 18.0 Å². The molecule has 0 saturated carbocycles. The first kappa shape index (κ1) is 13.9. The Morgan fingerprint density at radius 3 is 2.42 bits per heavy atom. The molecular weight excluding hydrogens is 242 g/mol. The molecule has 1 aromatic carbocycles. The molecule has 104 valence electrons. The van der Waals surface area contributed by atoms with Crippen molar-refractivity contribution in [3.05, 3.63) is 28.8 Å². The zero-order valence-corrected chi connectivity index (χ0v) is 11.7. The van der Waals surface area contributed by atoms with Crippen LogP contribution < -0.4 is 4.90 Å². The number of rotatable bonds is 3. The molecule has 1 atom stereocenters. The van der Waals surface area contributed by atoms with E-state index in [1.165, 1.54) is 16.7 Å². The summed E-state index contributed by atoms with van der Waals surface area (Å²) in [6.45, 7) is 7.28. The van der Waals surface area contributed by atoms with Crippen LogP contribution in [0.5, 0.6) is 0 Å². The van der Waals surface area contributed by atoms with E-state index < -0.39 is 11.6 Å². The molecule has 0 bridgehead atoms. The second kappa shape index (κ2) is 4.85. The minimum atomic E-state index is -1.10. The van der Waals surface area contributed by atoms with E-state index in [1.807, 2.05) is 0 Å². The molecular formula is C15H21NO3. The zero-order chi connectivity index (χ0) is 14.2. The maximum atomic E-state index is 10.8. The average Bonchev–Trinajstić information content (AvgIpc) is 2.57. The van der Waals surface area contributed by atoms with Crippen LogP contribution in [-0.4, -0.2) is 34.9 Å². The summed E-state index contributed by atoms with van der Waals surface area (Å²) in [6.07, 6.45) is 0.319. The maximum absolute atomic E-state index is 10.8. The largest absolute Gasteiger partial charge is 0.481 e. The van der Waals surface area contributed by atoms with Crippen LogP contribution in [0.25, 0.3) is 0 Å². The summed E-state index contributed by atoms with van der Waals surface area (Å²) in [5, 5.41) is 19.2. The number of aryl methyl sites for hydroxylation is 3. The molecule has 1 unspecified atom stereocenters. The molecule has 4 heteroatoms. The molecule has 4 nitrogen and oxygen atoms in total. The zero-order valence-electron chi connectivity index (χ0n) is 11.7. The second-order valence-electron chi connectivity index (χ2n) is 5.71. The quantitative estimate of drug-likeness (QED) is 0.876. The Hall–Kier alpha value is -1.55. The summed E-state index contributed by atoms with van der Waals surface area (Å²) in [5.74, 6) is -0.943. The third-order valence-corrected chi connectivity index (χ3v) is 3.76. The van der Waals surface area contributed by atoms with Crippen LogP contribution in [0, 0.1) is 20.8 Å². The minimum absolute atomic E-state index is 0.187. The lowest BCUT2D eigenvalue weighted by Crippen LogP contribution is -2.35. The molecule has 0 radical (unpaired) electrons. The van der Waals surface area contributed by atoms with Crippen molar-refractivity contribution in [2.24, 2.45) is 0 Å². The highest BCUT2D eigenvalue weighted by molar-refractivity contribution is 5.69. The van der Waals surface area contributed by atoms with Crippen LogP contribution in [0.1, 0.15) is 29.5 Å². The fourth-order valence-electron chi connectivity index (χ4n) is 3.14. The molecule has 2 N–H and O–H groups in total. The Labute approximate surface area is 113 Å². The van der Waals surface area contributed by atoms with Gasteiger partial charge >= 0.3 is 5.97 Å². The Bertz CT molecular complexity index is 489. The Balaban J connectivity index is 2.24. The number of nitrogens with zero attached hydrogens (tertiary/aromatic N) is 1. The normalized spacial score (nSPS) is 22.8. The number of benzene rings is 1. The summed E-state index contributed by atoms with van der Waals surface area (Å²) in [7, 11) is 0. The molecule has 0 aliphatic carbocycles. The predicted octanol–water partition coefficient (Wildman–Crippen LogP) is 2.03. The molecule has 0 aromatic heterocycles. The summed E-state index contributed by atoms with van der Waals surface area (Å²) < 4.78 is 0. The summed E-state index contributed by atoms with van der Waals surface area (Å²) in [5.41, 5.74) is 3.61. The van der Waals surface area contributed by atoms with Gasteiger partial charge in [-0.3, -0.25) is 4.79 Å². The van der Waals surface area contributed by atoms with Gasteiger partial charge in [0.25, 0.3) is 0 Å². The van der Waals surface area contributed by atoms with Crippen molar-refractivity contribution in [3.63, 3.8) is 0 Å². The average molecular weight is 263 g/mol. The number of β-amino-alcohol motifs (C(OH)–C–C–N with tert-alkyl or cyclic N) is 1. The van der Waals surface area contributed by atoms with Gasteiger partial charge in [0.05, 0.1) is 12.0 Å². The first-order valence-electron chi connectivity index (χ1n) is 6.58. The number of aliphatic carboxylic acids is 1. The molecule has 1 aliphatic rings. The molecule has 1 aromatic rings. The molecule has 19 heavy (non-hydrogen) atoms. The van der Waals surface area contributed by atoms with E-state index in [4.69, 9.17) is 5.11 Å². The molecule has 1 aliphatic heterocycles. The number of carboxylic acid groups (broad SMARTS) is 1. The van der Waals surface area contributed by atoms with Crippen LogP contribution in [0.3, 0.4) is 0 Å². The maximum Gasteiger partial charge on any atom is 0.306 e. The van der Waals surface area contributed by atoms with E-state index in [9.17, 15) is 9.90 Å². The molecule has 1 heterocycles. The van der Waals surface area contributed by atoms with E-state index in [-0.39, 0.29) is 6.42 Å². The van der Waals surface area contributed by atoms with Crippen LogP contribution in [-0.2, 0) is 4.79 Å². The predicted molar refractivity (Wildman–Crippen MR) is 74.7 cm³/mol. The molecule has 0 amide bonds. The van der Waals surface area contributed by atoms with Crippen molar-refractivity contribution in [2.45, 2.75) is 39.2 Å². The van der Waals surface area contributed by atoms with Crippen molar-refractivity contribution in [3.8, 4) is 0 Å². The van der Waals surface area contributed by atoms with E-state index in [1.54, 1.807) is 0 Å². The number of anilines is 1. The Kier molecular flexibility index (Phi) is 3.54. The van der Waals surface area contributed by atoms with Crippen LogP contribution in [0.15, 0.2) is 12.1 Å². The van der Waals surface area contributed by atoms with Crippen molar-refractivity contribution >= 4 is 11.7 Å². The van der Waals surface area contributed by atoms with Gasteiger partial charge in [-0.05, 0) is 38.3 Å². The Morgan fingerprint density at radius 2 is 1.89 bits per heavy atom. The SMILES string of the molecule is Cc1cc(C)c(N2CCC(O)(CC(=O)O)C2)c(C)c1. The van der Waals surface area contributed by atoms with Crippen molar-refractivity contribution in [1.82, 2.24) is 0 Å². The first-order valence-corrected chi connectivity index (χ1v) is 6.58. The van der Waals surface area contributed by atoms with E-state index in [2.05, 4.69) is 37.8 Å². The van der Waals surface area contributed by atoms with Crippen LogP contribution in [0.4, 0.5) is 5.69 Å². The minimum Gasteiger partial charge on any atom is -0.481 e. The fraction of sp³-hybridized carbons (Fsp3) is 0.533. The number of carbonyl (C=O) groups is 1. The van der Waals surface area contributed by atoms with Gasteiger partial charge < -0.3 is 15.1 Å². The van der Waals surface area contributed by atoms with E-state index >= 15 is 0 Å². The molecule has 1 saturated heterocycles. The highest BCUT2D eigenvalue weighted by atomic mass is 16.4. The summed E-state index contributed by atoms with van der Waals surface area (Å²) >= 11 is 0. The lowest BCUT2D eigenvalue weighted by atomic mass is 9.99. The fourth-order valence-corrected chi connectivity index (χ4v) is 3.14. The number of hydrogen-bond donors (Lipinski definition) is 2. The van der Waals surface area contributed by atoms with Gasteiger partial charge in [-0.15, -0.1) is 0 Å². The van der Waals surface area contributed by atoms with Crippen LogP contribution in [0.2, 0.25) is 0 Å². The lowest BCUT2D eigenvalue weighted by Gasteiger charge is -2.26. The monoisotopic (exact) mass is 263 g/mol. The molecule has 2 rings (SSSR count). The van der Waals surface area contributed by atoms with Gasteiger partial charge in [0, 0.05) is 18.8 Å². The summed E-state index contributed by atoms with van der Waals surface area (Å²) in [6, 6.07) is 4.24. The van der Waals surface area contributed by atoms with E-state index in [0.717, 1.165) is 5.69 Å². The van der Waals surface area contributed by atoms with Gasteiger partial charge in [0.2, 0.25) is 0 Å². The van der Waals surface area contributed by atoms with Gasteiger partial charge in [0.15, 0.2) is 0 Å². The third kappa shape index (κ3) is 2.89. The highest BCUT2D eigenvalue weighted by Crippen LogP contribution is 2.33. The smallest absolute Gasteiger partial charge is 0.306 e.